The van der Waals surface area contributed by atoms with Gasteiger partial charge in [0.05, 0.1) is 0 Å². The van der Waals surface area contributed by atoms with Crippen molar-refractivity contribution >= 4 is 5.69 Å². The third-order valence-electron chi connectivity index (χ3n) is 3.29. The van der Waals surface area contributed by atoms with Crippen molar-refractivity contribution in [3.05, 3.63) is 48.1 Å². The van der Waals surface area contributed by atoms with Gasteiger partial charge in [0.1, 0.15) is 0 Å². The number of aryl methyl sites for hydroxylation is 2. The van der Waals surface area contributed by atoms with E-state index in [0.29, 0.717) is 24.0 Å². The molecule has 0 aliphatic carbocycles. The van der Waals surface area contributed by atoms with Crippen molar-refractivity contribution in [1.82, 2.24) is 19.7 Å². The van der Waals surface area contributed by atoms with Crippen LogP contribution in [-0.4, -0.2) is 26.2 Å². The lowest BCUT2D eigenvalue weighted by molar-refractivity contribution is 0.381. The van der Waals surface area contributed by atoms with E-state index in [1.165, 1.54) is 5.56 Å². The number of anilines is 1. The Morgan fingerprint density at radius 1 is 1.29 bits per heavy atom. The molecule has 6 nitrogen and oxygen atoms in total. The van der Waals surface area contributed by atoms with Crippen LogP contribution in [0.15, 0.2) is 41.2 Å². The lowest BCUT2D eigenvalue weighted by Crippen LogP contribution is -2.06. The Bertz CT molecular complexity index is 731. The molecular formula is C15H17N5O. The Kier molecular flexibility index (Phi) is 3.68. The summed E-state index contributed by atoms with van der Waals surface area (Å²) in [5.74, 6) is 1.83. The molecule has 0 bridgehead atoms. The summed E-state index contributed by atoms with van der Waals surface area (Å²) < 4.78 is 7.12. The summed E-state index contributed by atoms with van der Waals surface area (Å²) in [5, 5.41) is 7.33. The van der Waals surface area contributed by atoms with E-state index < -0.39 is 0 Å². The molecule has 2 aromatic heterocycles. The number of hydrogen-bond donors (Lipinski definition) is 1. The molecule has 0 aliphatic rings. The van der Waals surface area contributed by atoms with Gasteiger partial charge in [-0.25, -0.2) is 4.98 Å². The lowest BCUT2D eigenvalue weighted by atomic mass is 10.2. The Balaban J connectivity index is 1.61. The van der Waals surface area contributed by atoms with Crippen LogP contribution >= 0.6 is 0 Å². The van der Waals surface area contributed by atoms with Crippen LogP contribution in [0.5, 0.6) is 0 Å². The molecule has 0 atom stereocenters. The van der Waals surface area contributed by atoms with E-state index in [1.54, 1.807) is 6.20 Å². The van der Waals surface area contributed by atoms with Gasteiger partial charge in [0.15, 0.2) is 5.82 Å². The number of aromatic nitrogens is 4. The molecule has 1 aromatic carbocycles. The molecule has 21 heavy (non-hydrogen) atoms. The topological polar surface area (TPSA) is 68.8 Å². The fourth-order valence-corrected chi connectivity index (χ4v) is 2.10. The lowest BCUT2D eigenvalue weighted by Gasteiger charge is -2.07. The van der Waals surface area contributed by atoms with Crippen molar-refractivity contribution < 1.29 is 4.52 Å². The average molecular weight is 283 g/mol. The van der Waals surface area contributed by atoms with Crippen LogP contribution in [0.3, 0.4) is 0 Å². The van der Waals surface area contributed by atoms with Gasteiger partial charge in [0.25, 0.3) is 0 Å². The first-order chi connectivity index (χ1) is 10.2. The highest BCUT2D eigenvalue weighted by Crippen LogP contribution is 2.14. The van der Waals surface area contributed by atoms with Gasteiger partial charge >= 0.3 is 0 Å². The highest BCUT2D eigenvalue weighted by molar-refractivity contribution is 5.50. The van der Waals surface area contributed by atoms with E-state index >= 15 is 0 Å². The highest BCUT2D eigenvalue weighted by atomic mass is 16.5. The molecular weight excluding hydrogens is 266 g/mol. The van der Waals surface area contributed by atoms with Crippen molar-refractivity contribution in [2.45, 2.75) is 13.3 Å². The largest absolute Gasteiger partial charge is 0.384 e. The van der Waals surface area contributed by atoms with Crippen LogP contribution < -0.4 is 5.32 Å². The minimum atomic E-state index is 0.522. The van der Waals surface area contributed by atoms with Crippen molar-refractivity contribution in [2.75, 3.05) is 11.9 Å². The zero-order valence-electron chi connectivity index (χ0n) is 12.1. The summed E-state index contributed by atoms with van der Waals surface area (Å²) in [5.41, 5.74) is 2.35. The molecule has 3 aromatic rings. The summed E-state index contributed by atoms with van der Waals surface area (Å²) in [7, 11) is 1.90. The summed E-state index contributed by atoms with van der Waals surface area (Å²) in [6.07, 6.45) is 4.24. The number of hydrogen-bond acceptors (Lipinski definition) is 5. The zero-order chi connectivity index (χ0) is 14.7. The molecule has 0 amide bonds. The van der Waals surface area contributed by atoms with E-state index in [-0.39, 0.29) is 0 Å². The first kappa shape index (κ1) is 13.4. The normalized spacial score (nSPS) is 10.8. The fourth-order valence-electron chi connectivity index (χ4n) is 2.10. The van der Waals surface area contributed by atoms with Crippen LogP contribution in [0.25, 0.3) is 11.6 Å². The minimum absolute atomic E-state index is 0.522. The summed E-state index contributed by atoms with van der Waals surface area (Å²) in [4.78, 5) is 8.57. The third kappa shape index (κ3) is 2.94. The zero-order valence-corrected chi connectivity index (χ0v) is 12.1. The van der Waals surface area contributed by atoms with Crippen LogP contribution in [0, 0.1) is 6.92 Å². The number of nitrogens with zero attached hydrogens (tertiary/aromatic N) is 4. The fraction of sp³-hybridized carbons (Fsp3) is 0.267. The average Bonchev–Trinajstić information content (AvgIpc) is 3.10. The molecule has 108 valence electrons. The second kappa shape index (κ2) is 5.78. The third-order valence-corrected chi connectivity index (χ3v) is 3.29. The quantitative estimate of drug-likeness (QED) is 0.779. The molecule has 3 rings (SSSR count). The monoisotopic (exact) mass is 283 g/mol. The van der Waals surface area contributed by atoms with E-state index in [4.69, 9.17) is 4.52 Å². The molecule has 0 aliphatic heterocycles. The predicted molar refractivity (Wildman–Crippen MR) is 79.9 cm³/mol. The van der Waals surface area contributed by atoms with E-state index in [9.17, 15) is 0 Å². The Hall–Kier alpha value is -2.63. The molecule has 0 radical (unpaired) electrons. The predicted octanol–water partition coefficient (Wildman–Crippen LogP) is 2.43. The molecule has 0 saturated heterocycles. The van der Waals surface area contributed by atoms with Gasteiger partial charge in [-0.3, -0.25) is 0 Å². The minimum Gasteiger partial charge on any atom is -0.384 e. The van der Waals surface area contributed by atoms with Crippen molar-refractivity contribution in [2.24, 2.45) is 7.05 Å². The standard InChI is InChI=1S/C15H17N5O/c1-11-5-3-4-6-12(11)16-8-7-13-18-14(19-21-13)15-17-9-10-20(15)2/h3-6,9-10,16H,7-8H2,1-2H3. The SMILES string of the molecule is Cc1ccccc1NCCc1nc(-c2nccn2C)no1. The van der Waals surface area contributed by atoms with Gasteiger partial charge in [-0.2, -0.15) is 4.98 Å². The van der Waals surface area contributed by atoms with Gasteiger partial charge in [-0.15, -0.1) is 0 Å². The number of para-hydroxylation sites is 1. The Morgan fingerprint density at radius 2 is 2.14 bits per heavy atom. The molecule has 6 heteroatoms. The Labute approximate surface area is 122 Å². The number of benzene rings is 1. The van der Waals surface area contributed by atoms with E-state index in [0.717, 1.165) is 12.2 Å². The molecule has 0 fully saturated rings. The summed E-state index contributed by atoms with van der Waals surface area (Å²) in [6.45, 7) is 2.82. The van der Waals surface area contributed by atoms with Crippen molar-refractivity contribution in [3.8, 4) is 11.6 Å². The van der Waals surface area contributed by atoms with E-state index in [1.807, 2.05) is 29.9 Å². The molecule has 0 spiro atoms. The van der Waals surface area contributed by atoms with Crippen molar-refractivity contribution in [1.29, 1.82) is 0 Å². The van der Waals surface area contributed by atoms with Crippen LogP contribution in [-0.2, 0) is 13.5 Å². The van der Waals surface area contributed by atoms with Gasteiger partial charge in [0, 0.05) is 38.1 Å². The second-order valence-electron chi connectivity index (χ2n) is 4.87. The maximum Gasteiger partial charge on any atom is 0.238 e. The highest BCUT2D eigenvalue weighted by Gasteiger charge is 2.12. The van der Waals surface area contributed by atoms with Gasteiger partial charge in [-0.1, -0.05) is 23.4 Å². The summed E-state index contributed by atoms with van der Waals surface area (Å²) >= 11 is 0. The number of rotatable bonds is 5. The van der Waals surface area contributed by atoms with E-state index in [2.05, 4.69) is 39.5 Å². The first-order valence-corrected chi connectivity index (χ1v) is 6.84. The number of imidazole rings is 1. The van der Waals surface area contributed by atoms with Gasteiger partial charge in [-0.05, 0) is 18.6 Å². The summed E-state index contributed by atoms with van der Waals surface area (Å²) in [6, 6.07) is 8.18. The molecule has 0 unspecified atom stereocenters. The number of nitrogens with one attached hydrogen (secondary N) is 1. The molecule has 0 saturated carbocycles. The maximum atomic E-state index is 5.26. The molecule has 1 N–H and O–H groups in total. The maximum absolute atomic E-state index is 5.26. The Morgan fingerprint density at radius 3 is 2.90 bits per heavy atom. The van der Waals surface area contributed by atoms with Crippen LogP contribution in [0.2, 0.25) is 0 Å². The second-order valence-corrected chi connectivity index (χ2v) is 4.87. The van der Waals surface area contributed by atoms with Crippen molar-refractivity contribution in [3.63, 3.8) is 0 Å². The van der Waals surface area contributed by atoms with Crippen LogP contribution in [0.1, 0.15) is 11.5 Å². The molecule has 2 heterocycles. The van der Waals surface area contributed by atoms with Crippen LogP contribution in [0.4, 0.5) is 5.69 Å². The first-order valence-electron chi connectivity index (χ1n) is 6.84. The van der Waals surface area contributed by atoms with Gasteiger partial charge in [0.2, 0.25) is 11.7 Å². The van der Waals surface area contributed by atoms with Gasteiger partial charge < -0.3 is 14.4 Å². The smallest absolute Gasteiger partial charge is 0.238 e.